The van der Waals surface area contributed by atoms with Crippen LogP contribution in [0.1, 0.15) is 53.5 Å². The third-order valence-electron chi connectivity index (χ3n) is 6.29. The summed E-state index contributed by atoms with van der Waals surface area (Å²) in [7, 11) is 1.57. The Kier molecular flexibility index (Phi) is 8.26. The quantitative estimate of drug-likeness (QED) is 0.268. The lowest BCUT2D eigenvalue weighted by Crippen LogP contribution is -2.27. The van der Waals surface area contributed by atoms with Crippen LogP contribution in [0.4, 0.5) is 0 Å². The second kappa shape index (κ2) is 11.8. The lowest BCUT2D eigenvalue weighted by Gasteiger charge is -2.15. The Balaban J connectivity index is 1.40. The van der Waals surface area contributed by atoms with Gasteiger partial charge in [0, 0.05) is 19.5 Å². The molecule has 36 heavy (non-hydrogen) atoms. The van der Waals surface area contributed by atoms with Crippen molar-refractivity contribution in [1.29, 1.82) is 0 Å². The Hall–Kier alpha value is -3.80. The predicted molar refractivity (Wildman–Crippen MR) is 144 cm³/mol. The first kappa shape index (κ1) is 25.3. The smallest absolute Gasteiger partial charge is 0.255 e. The maximum absolute atomic E-state index is 12.7. The molecule has 6 heteroatoms. The summed E-state index contributed by atoms with van der Waals surface area (Å²) >= 11 is 0. The van der Waals surface area contributed by atoms with Crippen LogP contribution in [-0.2, 0) is 13.0 Å². The van der Waals surface area contributed by atoms with Crippen LogP contribution in [0.15, 0.2) is 66.7 Å². The largest absolute Gasteiger partial charge is 0.496 e. The molecule has 1 amide bonds. The molecule has 3 aromatic carbocycles. The fourth-order valence-corrected chi connectivity index (χ4v) is 4.43. The van der Waals surface area contributed by atoms with Gasteiger partial charge in [0.2, 0.25) is 0 Å². The van der Waals surface area contributed by atoms with E-state index in [0.717, 1.165) is 35.6 Å². The molecule has 1 aromatic heterocycles. The van der Waals surface area contributed by atoms with E-state index in [1.807, 2.05) is 30.3 Å². The number of fused-ring (bicyclic) bond motifs is 1. The van der Waals surface area contributed by atoms with E-state index in [9.17, 15) is 4.79 Å². The highest BCUT2D eigenvalue weighted by Gasteiger charge is 2.14. The molecule has 0 aliphatic carbocycles. The van der Waals surface area contributed by atoms with E-state index in [-0.39, 0.29) is 5.91 Å². The Morgan fingerprint density at radius 2 is 1.81 bits per heavy atom. The zero-order valence-electron chi connectivity index (χ0n) is 21.6. The van der Waals surface area contributed by atoms with E-state index < -0.39 is 0 Å². The molecular formula is C30H35N3O3. The van der Waals surface area contributed by atoms with Crippen molar-refractivity contribution in [3.8, 4) is 11.5 Å². The molecule has 0 spiro atoms. The molecule has 0 aliphatic rings. The van der Waals surface area contributed by atoms with Gasteiger partial charge >= 0.3 is 0 Å². The van der Waals surface area contributed by atoms with Gasteiger partial charge in [0.1, 0.15) is 17.3 Å². The third-order valence-corrected chi connectivity index (χ3v) is 6.29. The second-order valence-electron chi connectivity index (χ2n) is 9.27. The summed E-state index contributed by atoms with van der Waals surface area (Å²) < 4.78 is 13.8. The maximum Gasteiger partial charge on any atom is 0.255 e. The standard InChI is InChI=1S/C30H35N3O3/c1-21(2)23-15-14-22(3)20-28(23)36-19-9-18-33-26-12-7-6-11-25(26)32-29(33)16-17-31-30(34)24-10-5-8-13-27(24)35-4/h5-8,10-15,20-21H,9,16-19H2,1-4H3,(H,31,34). The van der Waals surface area contributed by atoms with Crippen molar-refractivity contribution in [3.05, 3.63) is 89.2 Å². The van der Waals surface area contributed by atoms with Crippen LogP contribution < -0.4 is 14.8 Å². The van der Waals surface area contributed by atoms with Crippen molar-refractivity contribution < 1.29 is 14.3 Å². The van der Waals surface area contributed by atoms with Crippen LogP contribution >= 0.6 is 0 Å². The number of imidazole rings is 1. The van der Waals surface area contributed by atoms with Crippen molar-refractivity contribution in [2.75, 3.05) is 20.3 Å². The molecule has 0 saturated carbocycles. The number of ether oxygens (including phenoxy) is 2. The lowest BCUT2D eigenvalue weighted by atomic mass is 10.0. The summed E-state index contributed by atoms with van der Waals surface area (Å²) in [5.41, 5.74) is 5.03. The molecule has 4 aromatic rings. The number of aryl methyl sites for hydroxylation is 2. The Bertz CT molecular complexity index is 1330. The van der Waals surface area contributed by atoms with Gasteiger partial charge in [0.15, 0.2) is 0 Å². The summed E-state index contributed by atoms with van der Waals surface area (Å²) in [6.45, 7) is 8.37. The number of nitrogens with one attached hydrogen (secondary N) is 1. The van der Waals surface area contributed by atoms with Crippen molar-refractivity contribution in [2.24, 2.45) is 0 Å². The monoisotopic (exact) mass is 485 g/mol. The van der Waals surface area contributed by atoms with Crippen LogP contribution in [0.25, 0.3) is 11.0 Å². The van der Waals surface area contributed by atoms with Gasteiger partial charge in [-0.15, -0.1) is 0 Å². The average Bonchev–Trinajstić information content (AvgIpc) is 3.23. The minimum absolute atomic E-state index is 0.150. The summed E-state index contributed by atoms with van der Waals surface area (Å²) in [5, 5.41) is 3.01. The maximum atomic E-state index is 12.7. The van der Waals surface area contributed by atoms with Gasteiger partial charge < -0.3 is 19.4 Å². The van der Waals surface area contributed by atoms with Crippen LogP contribution in [0.5, 0.6) is 11.5 Å². The Morgan fingerprint density at radius 3 is 2.61 bits per heavy atom. The molecule has 188 valence electrons. The number of carbonyl (C=O) groups excluding carboxylic acids is 1. The predicted octanol–water partition coefficient (Wildman–Crippen LogP) is 5.92. The second-order valence-corrected chi connectivity index (χ2v) is 9.27. The van der Waals surface area contributed by atoms with E-state index >= 15 is 0 Å². The molecular weight excluding hydrogens is 450 g/mol. The minimum Gasteiger partial charge on any atom is -0.496 e. The van der Waals surface area contributed by atoms with E-state index in [1.54, 1.807) is 19.2 Å². The first-order valence-electron chi connectivity index (χ1n) is 12.6. The Labute approximate surface area is 213 Å². The fraction of sp³-hybridized carbons (Fsp3) is 0.333. The topological polar surface area (TPSA) is 65.4 Å². The molecule has 0 saturated heterocycles. The number of para-hydroxylation sites is 3. The van der Waals surface area contributed by atoms with E-state index in [2.05, 4.69) is 54.9 Å². The Morgan fingerprint density at radius 1 is 1.03 bits per heavy atom. The van der Waals surface area contributed by atoms with Crippen LogP contribution in [-0.4, -0.2) is 35.7 Å². The van der Waals surface area contributed by atoms with Crippen LogP contribution in [0.3, 0.4) is 0 Å². The number of carbonyl (C=O) groups is 1. The van der Waals surface area contributed by atoms with Gasteiger partial charge in [-0.1, -0.05) is 50.2 Å². The minimum atomic E-state index is -0.150. The molecule has 1 heterocycles. The van der Waals surface area contributed by atoms with E-state index in [1.165, 1.54) is 11.1 Å². The highest BCUT2D eigenvalue weighted by molar-refractivity contribution is 5.96. The number of amides is 1. The van der Waals surface area contributed by atoms with Gasteiger partial charge in [0.05, 0.1) is 30.3 Å². The number of hydrogen-bond acceptors (Lipinski definition) is 4. The molecule has 1 N–H and O–H groups in total. The van der Waals surface area contributed by atoms with Gasteiger partial charge in [-0.3, -0.25) is 4.79 Å². The number of benzene rings is 3. The summed E-state index contributed by atoms with van der Waals surface area (Å²) in [6.07, 6.45) is 1.48. The number of hydrogen-bond donors (Lipinski definition) is 1. The SMILES string of the molecule is COc1ccccc1C(=O)NCCc1nc2ccccc2n1CCCOc1cc(C)ccc1C(C)C. The molecule has 0 atom stereocenters. The van der Waals surface area contributed by atoms with Crippen molar-refractivity contribution >= 4 is 16.9 Å². The van der Waals surface area contributed by atoms with Crippen molar-refractivity contribution in [1.82, 2.24) is 14.9 Å². The van der Waals surface area contributed by atoms with Crippen LogP contribution in [0.2, 0.25) is 0 Å². The van der Waals surface area contributed by atoms with E-state index in [4.69, 9.17) is 14.5 Å². The zero-order chi connectivity index (χ0) is 25.5. The number of rotatable bonds is 11. The van der Waals surface area contributed by atoms with E-state index in [0.29, 0.717) is 36.8 Å². The zero-order valence-corrected chi connectivity index (χ0v) is 21.6. The normalized spacial score (nSPS) is 11.1. The van der Waals surface area contributed by atoms with Gasteiger partial charge in [-0.2, -0.15) is 0 Å². The molecule has 0 fully saturated rings. The molecule has 6 nitrogen and oxygen atoms in total. The molecule has 0 aliphatic heterocycles. The molecule has 0 radical (unpaired) electrons. The molecule has 4 rings (SSSR count). The fourth-order valence-electron chi connectivity index (χ4n) is 4.43. The van der Waals surface area contributed by atoms with Gasteiger partial charge in [-0.25, -0.2) is 4.98 Å². The summed E-state index contributed by atoms with van der Waals surface area (Å²) in [6, 6.07) is 21.8. The molecule has 0 unspecified atom stereocenters. The number of aromatic nitrogens is 2. The highest BCUT2D eigenvalue weighted by atomic mass is 16.5. The van der Waals surface area contributed by atoms with Crippen molar-refractivity contribution in [2.45, 2.75) is 46.1 Å². The van der Waals surface area contributed by atoms with Crippen LogP contribution in [0, 0.1) is 6.92 Å². The molecule has 0 bridgehead atoms. The first-order chi connectivity index (χ1) is 17.5. The third kappa shape index (κ3) is 5.88. The first-order valence-corrected chi connectivity index (χ1v) is 12.6. The summed E-state index contributed by atoms with van der Waals surface area (Å²) in [5.74, 6) is 2.75. The van der Waals surface area contributed by atoms with Gasteiger partial charge in [0.25, 0.3) is 5.91 Å². The van der Waals surface area contributed by atoms with Gasteiger partial charge in [-0.05, 0) is 60.7 Å². The highest BCUT2D eigenvalue weighted by Crippen LogP contribution is 2.27. The number of nitrogens with zero attached hydrogens (tertiary/aromatic N) is 2. The summed E-state index contributed by atoms with van der Waals surface area (Å²) in [4.78, 5) is 17.5. The average molecular weight is 486 g/mol. The lowest BCUT2D eigenvalue weighted by molar-refractivity contribution is 0.0951. The number of methoxy groups -OCH3 is 1. The van der Waals surface area contributed by atoms with Crippen molar-refractivity contribution in [3.63, 3.8) is 0 Å².